The Morgan fingerprint density at radius 2 is 1.81 bits per heavy atom. The first kappa shape index (κ1) is 16.3. The highest BCUT2D eigenvalue weighted by Crippen LogP contribution is 2.38. The van der Waals surface area contributed by atoms with E-state index in [1.165, 1.54) is 0 Å². The smallest absolute Gasteiger partial charge is 0.317 e. The van der Waals surface area contributed by atoms with E-state index >= 15 is 0 Å². The minimum absolute atomic E-state index is 0.107. The Morgan fingerprint density at radius 3 is 2.50 bits per heavy atom. The Kier molecular flexibility index (Phi) is 4.39. The third-order valence-corrected chi connectivity index (χ3v) is 4.72. The maximum atomic E-state index is 12.6. The minimum atomic E-state index is -0.135. The molecule has 0 spiro atoms. The average Bonchev–Trinajstić information content (AvgIpc) is 3.08. The number of carbonyl (C=O) groups excluding carboxylic acids is 1. The zero-order valence-corrected chi connectivity index (χ0v) is 14.6. The third kappa shape index (κ3) is 3.31. The molecule has 1 aliphatic rings. The quantitative estimate of drug-likeness (QED) is 0.785. The van der Waals surface area contributed by atoms with E-state index in [2.05, 4.69) is 34.7 Å². The van der Waals surface area contributed by atoms with Crippen molar-refractivity contribution in [1.29, 1.82) is 0 Å². The lowest BCUT2D eigenvalue weighted by Gasteiger charge is -2.46. The van der Waals surface area contributed by atoms with E-state index in [0.29, 0.717) is 18.3 Å². The molecule has 2 amide bonds. The lowest BCUT2D eigenvalue weighted by molar-refractivity contribution is 0.0670. The van der Waals surface area contributed by atoms with Crippen LogP contribution in [0.15, 0.2) is 66.9 Å². The molecule has 132 valence electrons. The molecule has 1 fully saturated rings. The number of rotatable bonds is 4. The van der Waals surface area contributed by atoms with Gasteiger partial charge in [0, 0.05) is 6.54 Å². The van der Waals surface area contributed by atoms with Gasteiger partial charge in [-0.1, -0.05) is 72.8 Å². The zero-order valence-electron chi connectivity index (χ0n) is 14.6. The molecular weight excluding hydrogens is 326 g/mol. The normalized spacial score (nSPS) is 19.0. The highest BCUT2D eigenvalue weighted by atomic mass is 16.2. The van der Waals surface area contributed by atoms with Crippen LogP contribution in [0.25, 0.3) is 0 Å². The van der Waals surface area contributed by atoms with Crippen LogP contribution in [0.2, 0.25) is 0 Å². The van der Waals surface area contributed by atoms with Gasteiger partial charge in [0.15, 0.2) is 5.82 Å². The van der Waals surface area contributed by atoms with Gasteiger partial charge in [0.2, 0.25) is 0 Å². The molecule has 0 aliphatic carbocycles. The van der Waals surface area contributed by atoms with Gasteiger partial charge in [-0.15, -0.1) is 5.10 Å². The van der Waals surface area contributed by atoms with Crippen molar-refractivity contribution < 1.29 is 4.79 Å². The maximum absolute atomic E-state index is 12.6. The van der Waals surface area contributed by atoms with Crippen LogP contribution >= 0.6 is 0 Å². The van der Waals surface area contributed by atoms with Crippen molar-refractivity contribution in [2.75, 3.05) is 11.9 Å². The number of urea groups is 1. The second-order valence-corrected chi connectivity index (χ2v) is 6.70. The summed E-state index contributed by atoms with van der Waals surface area (Å²) in [5, 5.41) is 11.0. The molecule has 2 heterocycles. The molecule has 1 N–H and O–H groups in total. The van der Waals surface area contributed by atoms with E-state index in [4.69, 9.17) is 0 Å². The monoisotopic (exact) mass is 347 g/mol. The number of nitrogens with zero attached hydrogens (tertiary/aromatic N) is 4. The SMILES string of the molecule is C[C@@H]1CN(C(=O)Nc2cn(Cc3ccccc3)nn2)[C@@H]1c1ccccc1. The number of anilines is 1. The summed E-state index contributed by atoms with van der Waals surface area (Å²) in [5.74, 6) is 0.911. The number of nitrogens with one attached hydrogen (secondary N) is 1. The van der Waals surface area contributed by atoms with Crippen LogP contribution in [0, 0.1) is 5.92 Å². The molecular formula is C20H21N5O. The molecule has 4 rings (SSSR count). The van der Waals surface area contributed by atoms with Crippen LogP contribution in [-0.2, 0) is 6.54 Å². The Labute approximate surface area is 152 Å². The van der Waals surface area contributed by atoms with Crippen LogP contribution in [0.5, 0.6) is 0 Å². The van der Waals surface area contributed by atoms with Crippen LogP contribution in [0.1, 0.15) is 24.1 Å². The number of amides is 2. The van der Waals surface area contributed by atoms with E-state index in [-0.39, 0.29) is 12.1 Å². The first-order chi connectivity index (χ1) is 12.7. The highest BCUT2D eigenvalue weighted by molar-refractivity contribution is 5.89. The maximum Gasteiger partial charge on any atom is 0.323 e. The fourth-order valence-electron chi connectivity index (χ4n) is 3.45. The Bertz CT molecular complexity index is 877. The topological polar surface area (TPSA) is 63.1 Å². The van der Waals surface area contributed by atoms with Gasteiger partial charge in [0.1, 0.15) is 0 Å². The predicted molar refractivity (Wildman–Crippen MR) is 99.6 cm³/mol. The van der Waals surface area contributed by atoms with Crippen molar-refractivity contribution in [2.45, 2.75) is 19.5 Å². The first-order valence-corrected chi connectivity index (χ1v) is 8.77. The summed E-state index contributed by atoms with van der Waals surface area (Å²) in [6.45, 7) is 3.53. The van der Waals surface area contributed by atoms with Gasteiger partial charge in [-0.25, -0.2) is 9.48 Å². The van der Waals surface area contributed by atoms with E-state index < -0.39 is 0 Å². The summed E-state index contributed by atoms with van der Waals surface area (Å²) in [7, 11) is 0. The van der Waals surface area contributed by atoms with Gasteiger partial charge in [-0.05, 0) is 17.0 Å². The molecule has 0 bridgehead atoms. The second-order valence-electron chi connectivity index (χ2n) is 6.70. The molecule has 6 heteroatoms. The summed E-state index contributed by atoms with van der Waals surface area (Å²) in [6.07, 6.45) is 1.76. The molecule has 2 aromatic carbocycles. The number of aromatic nitrogens is 3. The van der Waals surface area contributed by atoms with Crippen molar-refractivity contribution >= 4 is 11.8 Å². The van der Waals surface area contributed by atoms with E-state index in [1.807, 2.05) is 53.4 Å². The van der Waals surface area contributed by atoms with Gasteiger partial charge >= 0.3 is 6.03 Å². The molecule has 3 aromatic rings. The summed E-state index contributed by atoms with van der Waals surface area (Å²) in [6, 6.07) is 20.1. The molecule has 0 saturated carbocycles. The lowest BCUT2D eigenvalue weighted by Crippen LogP contribution is -2.53. The summed E-state index contributed by atoms with van der Waals surface area (Å²) in [4.78, 5) is 14.5. The summed E-state index contributed by atoms with van der Waals surface area (Å²) in [5.41, 5.74) is 2.30. The van der Waals surface area contributed by atoms with E-state index in [9.17, 15) is 4.79 Å². The van der Waals surface area contributed by atoms with Crippen molar-refractivity contribution in [3.05, 3.63) is 78.0 Å². The van der Waals surface area contributed by atoms with E-state index in [0.717, 1.165) is 17.7 Å². The molecule has 1 saturated heterocycles. The highest BCUT2D eigenvalue weighted by Gasteiger charge is 2.40. The van der Waals surface area contributed by atoms with Gasteiger partial charge in [-0.3, -0.25) is 5.32 Å². The fourth-order valence-corrected chi connectivity index (χ4v) is 3.45. The van der Waals surface area contributed by atoms with Crippen LogP contribution in [0.3, 0.4) is 0 Å². The largest absolute Gasteiger partial charge is 0.323 e. The van der Waals surface area contributed by atoms with Crippen molar-refractivity contribution in [2.24, 2.45) is 5.92 Å². The first-order valence-electron chi connectivity index (χ1n) is 8.77. The summed E-state index contributed by atoms with van der Waals surface area (Å²) >= 11 is 0. The van der Waals surface area contributed by atoms with Gasteiger partial charge in [0.05, 0.1) is 18.8 Å². The van der Waals surface area contributed by atoms with Gasteiger partial charge in [-0.2, -0.15) is 0 Å². The molecule has 6 nitrogen and oxygen atoms in total. The molecule has 0 unspecified atom stereocenters. The molecule has 1 aromatic heterocycles. The van der Waals surface area contributed by atoms with Crippen LogP contribution < -0.4 is 5.32 Å². The van der Waals surface area contributed by atoms with Crippen molar-refractivity contribution in [3.8, 4) is 0 Å². The van der Waals surface area contributed by atoms with E-state index in [1.54, 1.807) is 10.9 Å². The predicted octanol–water partition coefficient (Wildman–Crippen LogP) is 3.55. The summed E-state index contributed by atoms with van der Waals surface area (Å²) < 4.78 is 1.72. The molecule has 0 radical (unpaired) electrons. The molecule has 2 atom stereocenters. The number of hydrogen-bond donors (Lipinski definition) is 1. The zero-order chi connectivity index (χ0) is 17.9. The average molecular weight is 347 g/mol. The van der Waals surface area contributed by atoms with Crippen LogP contribution in [-0.4, -0.2) is 32.5 Å². The van der Waals surface area contributed by atoms with Crippen molar-refractivity contribution in [3.63, 3.8) is 0 Å². The van der Waals surface area contributed by atoms with Crippen LogP contribution in [0.4, 0.5) is 10.6 Å². The lowest BCUT2D eigenvalue weighted by atomic mass is 9.85. The van der Waals surface area contributed by atoms with Crippen molar-refractivity contribution in [1.82, 2.24) is 19.9 Å². The molecule has 26 heavy (non-hydrogen) atoms. The Balaban J connectivity index is 1.41. The fraction of sp³-hybridized carbons (Fsp3) is 0.250. The number of hydrogen-bond acceptors (Lipinski definition) is 3. The third-order valence-electron chi connectivity index (χ3n) is 4.72. The van der Waals surface area contributed by atoms with Gasteiger partial charge in [0.25, 0.3) is 0 Å². The Morgan fingerprint density at radius 1 is 1.12 bits per heavy atom. The number of benzene rings is 2. The Hall–Kier alpha value is -3.15. The second kappa shape index (κ2) is 7.00. The standard InChI is InChI=1S/C20H21N5O/c1-15-12-25(19(15)17-10-6-3-7-11-17)20(26)21-18-14-24(23-22-18)13-16-8-4-2-5-9-16/h2-11,14-15,19H,12-13H2,1H3,(H,21,26)/t15-,19+/m1/s1. The molecule has 1 aliphatic heterocycles. The van der Waals surface area contributed by atoms with Gasteiger partial charge < -0.3 is 4.90 Å². The minimum Gasteiger partial charge on any atom is -0.317 e. The number of carbonyl (C=O) groups is 1. The number of likely N-dealkylation sites (tertiary alicyclic amines) is 1.